The first-order chi connectivity index (χ1) is 13.8. The molecule has 4 rings (SSSR count). The van der Waals surface area contributed by atoms with Crippen molar-refractivity contribution in [3.05, 3.63) is 69.5 Å². The maximum atomic E-state index is 15.3. The Morgan fingerprint density at radius 3 is 2.59 bits per heavy atom. The van der Waals surface area contributed by atoms with Gasteiger partial charge in [0.15, 0.2) is 11.6 Å². The molecular weight excluding hydrogens is 380 g/mol. The summed E-state index contributed by atoms with van der Waals surface area (Å²) in [6, 6.07) is 9.44. The fourth-order valence-electron chi connectivity index (χ4n) is 3.75. The second-order valence-corrected chi connectivity index (χ2v) is 7.11. The average molecular weight is 399 g/mol. The third-order valence-corrected chi connectivity index (χ3v) is 5.35. The van der Waals surface area contributed by atoms with Crippen LogP contribution in [0.1, 0.15) is 35.2 Å². The van der Waals surface area contributed by atoms with Gasteiger partial charge in [0.2, 0.25) is 5.43 Å². The first-order valence-corrected chi connectivity index (χ1v) is 9.23. The molecule has 2 aromatic carbocycles. The van der Waals surface area contributed by atoms with Crippen LogP contribution in [0, 0.1) is 11.6 Å². The maximum Gasteiger partial charge on any atom is 0.341 e. The number of aryl methyl sites for hydroxylation is 1. The zero-order valence-corrected chi connectivity index (χ0v) is 15.6. The minimum Gasteiger partial charge on any atom is -0.477 e. The number of nitrogens with two attached hydrogens (primary N) is 1. The van der Waals surface area contributed by atoms with Gasteiger partial charge in [0, 0.05) is 24.7 Å². The lowest BCUT2D eigenvalue weighted by Crippen LogP contribution is -2.22. The number of hydrogen-bond donors (Lipinski definition) is 3. The number of halogens is 2. The molecule has 0 amide bonds. The lowest BCUT2D eigenvalue weighted by Gasteiger charge is -2.17. The predicted molar refractivity (Wildman–Crippen MR) is 106 cm³/mol. The van der Waals surface area contributed by atoms with Crippen LogP contribution >= 0.6 is 0 Å². The highest BCUT2D eigenvalue weighted by Crippen LogP contribution is 2.44. The number of rotatable bonds is 5. The lowest BCUT2D eigenvalue weighted by atomic mass is 10.1. The summed E-state index contributed by atoms with van der Waals surface area (Å²) >= 11 is 0. The molecule has 150 valence electrons. The molecule has 0 radical (unpaired) electrons. The van der Waals surface area contributed by atoms with Crippen LogP contribution in [0.3, 0.4) is 0 Å². The van der Waals surface area contributed by atoms with Crippen LogP contribution in [-0.2, 0) is 6.54 Å². The normalized spacial score (nSPS) is 18.0. The molecule has 4 N–H and O–H groups in total. The van der Waals surface area contributed by atoms with Crippen molar-refractivity contribution in [2.24, 2.45) is 0 Å². The van der Waals surface area contributed by atoms with Crippen LogP contribution in [0.5, 0.6) is 0 Å². The highest BCUT2D eigenvalue weighted by Gasteiger charge is 2.40. The van der Waals surface area contributed by atoms with Gasteiger partial charge in [0.1, 0.15) is 11.3 Å². The number of carboxylic acids is 1. The van der Waals surface area contributed by atoms with Crippen molar-refractivity contribution in [1.29, 1.82) is 0 Å². The number of pyridine rings is 1. The summed E-state index contributed by atoms with van der Waals surface area (Å²) in [5.41, 5.74) is 4.14. The van der Waals surface area contributed by atoms with Crippen LogP contribution in [0.2, 0.25) is 0 Å². The molecule has 2 atom stereocenters. The number of benzene rings is 2. The molecule has 0 bridgehead atoms. The Labute approximate surface area is 164 Å². The minimum atomic E-state index is -1.48. The van der Waals surface area contributed by atoms with Gasteiger partial charge in [-0.3, -0.25) is 4.79 Å². The van der Waals surface area contributed by atoms with Gasteiger partial charge < -0.3 is 20.7 Å². The van der Waals surface area contributed by atoms with Crippen molar-refractivity contribution in [1.82, 2.24) is 4.57 Å². The standard InChI is InChI=1S/C21H19F2N3O3/c1-2-26-9-12(21(28)29)20(27)14-17(24)15(22)18(16(23)19(14)26)25-13-8-11(13)10-6-4-3-5-7-10/h3-7,9,11,13,25H,2,8,24H2,1H3,(H,28,29)/t11-,13+/m0/s1. The summed E-state index contributed by atoms with van der Waals surface area (Å²) in [5.74, 6) is -3.41. The first kappa shape index (κ1) is 18.9. The summed E-state index contributed by atoms with van der Waals surface area (Å²) in [7, 11) is 0. The molecule has 1 aromatic heterocycles. The van der Waals surface area contributed by atoms with Crippen molar-refractivity contribution >= 4 is 28.2 Å². The Bertz CT molecular complexity index is 1190. The molecule has 0 unspecified atom stereocenters. The zero-order chi connectivity index (χ0) is 20.9. The minimum absolute atomic E-state index is 0.120. The zero-order valence-electron chi connectivity index (χ0n) is 15.6. The van der Waals surface area contributed by atoms with E-state index < -0.39 is 45.4 Å². The van der Waals surface area contributed by atoms with Crippen molar-refractivity contribution in [3.8, 4) is 0 Å². The van der Waals surface area contributed by atoms with Crippen molar-refractivity contribution < 1.29 is 18.7 Å². The van der Waals surface area contributed by atoms with Crippen LogP contribution in [0.4, 0.5) is 20.2 Å². The Balaban J connectivity index is 1.84. The van der Waals surface area contributed by atoms with Gasteiger partial charge in [-0.1, -0.05) is 30.3 Å². The number of fused-ring (bicyclic) bond motifs is 1. The third-order valence-electron chi connectivity index (χ3n) is 5.35. The molecule has 1 aliphatic rings. The predicted octanol–water partition coefficient (Wildman–Crippen LogP) is 3.55. The van der Waals surface area contributed by atoms with Crippen molar-refractivity contribution in [3.63, 3.8) is 0 Å². The van der Waals surface area contributed by atoms with E-state index in [2.05, 4.69) is 5.32 Å². The summed E-state index contributed by atoms with van der Waals surface area (Å²) < 4.78 is 31.5. The Morgan fingerprint density at radius 1 is 1.28 bits per heavy atom. The van der Waals surface area contributed by atoms with Gasteiger partial charge in [-0.15, -0.1) is 0 Å². The number of aromatic carboxylic acids is 1. The summed E-state index contributed by atoms with van der Waals surface area (Å²) in [5, 5.41) is 11.7. The fraction of sp³-hybridized carbons (Fsp3) is 0.238. The maximum absolute atomic E-state index is 15.3. The van der Waals surface area contributed by atoms with E-state index in [1.54, 1.807) is 6.92 Å². The summed E-state index contributed by atoms with van der Waals surface area (Å²) in [6.45, 7) is 1.84. The van der Waals surface area contributed by atoms with E-state index in [-0.39, 0.29) is 24.0 Å². The number of hydrogen-bond acceptors (Lipinski definition) is 4. The molecule has 1 heterocycles. The van der Waals surface area contributed by atoms with Gasteiger partial charge >= 0.3 is 5.97 Å². The molecule has 6 nitrogen and oxygen atoms in total. The largest absolute Gasteiger partial charge is 0.477 e. The number of anilines is 2. The van der Waals surface area contributed by atoms with Crippen LogP contribution in [-0.4, -0.2) is 21.7 Å². The van der Waals surface area contributed by atoms with E-state index in [1.165, 1.54) is 4.57 Å². The van der Waals surface area contributed by atoms with E-state index in [0.29, 0.717) is 6.42 Å². The molecule has 3 aromatic rings. The second-order valence-electron chi connectivity index (χ2n) is 7.11. The Morgan fingerprint density at radius 2 is 1.97 bits per heavy atom. The molecular formula is C21H19F2N3O3. The van der Waals surface area contributed by atoms with Crippen molar-refractivity contribution in [2.45, 2.75) is 31.8 Å². The molecule has 0 spiro atoms. The lowest BCUT2D eigenvalue weighted by molar-refractivity contribution is 0.0695. The van der Waals surface area contributed by atoms with E-state index >= 15 is 4.39 Å². The van der Waals surface area contributed by atoms with Crippen LogP contribution in [0.25, 0.3) is 10.9 Å². The number of nitrogens with zero attached hydrogens (tertiary/aromatic N) is 1. The van der Waals surface area contributed by atoms with E-state index in [9.17, 15) is 19.1 Å². The molecule has 29 heavy (non-hydrogen) atoms. The molecule has 1 saturated carbocycles. The Hall–Kier alpha value is -3.42. The first-order valence-electron chi connectivity index (χ1n) is 9.23. The van der Waals surface area contributed by atoms with Crippen molar-refractivity contribution in [2.75, 3.05) is 11.1 Å². The molecule has 0 aliphatic heterocycles. The molecule has 1 aliphatic carbocycles. The summed E-state index contributed by atoms with van der Waals surface area (Å²) in [6.07, 6.45) is 1.76. The number of nitrogens with one attached hydrogen (secondary N) is 1. The van der Waals surface area contributed by atoms with Gasteiger partial charge in [-0.25, -0.2) is 13.6 Å². The number of carbonyl (C=O) groups is 1. The average Bonchev–Trinajstić information content (AvgIpc) is 3.49. The van der Waals surface area contributed by atoms with E-state index in [4.69, 9.17) is 5.73 Å². The summed E-state index contributed by atoms with van der Waals surface area (Å²) in [4.78, 5) is 23.9. The number of nitrogen functional groups attached to an aromatic ring is 1. The Kier molecular flexibility index (Phi) is 4.49. The molecule has 1 fully saturated rings. The highest BCUT2D eigenvalue weighted by molar-refractivity contribution is 5.99. The van der Waals surface area contributed by atoms with E-state index in [0.717, 1.165) is 11.8 Å². The quantitative estimate of drug-likeness (QED) is 0.570. The molecule has 0 saturated heterocycles. The van der Waals surface area contributed by atoms with Gasteiger partial charge in [0.25, 0.3) is 0 Å². The topological polar surface area (TPSA) is 97.4 Å². The smallest absolute Gasteiger partial charge is 0.341 e. The second kappa shape index (κ2) is 6.88. The third kappa shape index (κ3) is 3.00. The number of carboxylic acid groups (broad SMARTS) is 1. The molecule has 8 heteroatoms. The fourth-order valence-corrected chi connectivity index (χ4v) is 3.75. The van der Waals surface area contributed by atoms with Crippen LogP contribution in [0.15, 0.2) is 41.3 Å². The monoisotopic (exact) mass is 399 g/mol. The van der Waals surface area contributed by atoms with Gasteiger partial charge in [-0.05, 0) is 18.9 Å². The van der Waals surface area contributed by atoms with Crippen LogP contribution < -0.4 is 16.5 Å². The van der Waals surface area contributed by atoms with Gasteiger partial charge in [-0.2, -0.15) is 0 Å². The van der Waals surface area contributed by atoms with Gasteiger partial charge in [0.05, 0.1) is 16.6 Å². The SMILES string of the molecule is CCn1cc(C(=O)O)c(=O)c2c(N)c(F)c(N[C@@H]3C[C@H]3c3ccccc3)c(F)c21. The van der Waals surface area contributed by atoms with E-state index in [1.807, 2.05) is 30.3 Å². The highest BCUT2D eigenvalue weighted by atomic mass is 19.1. The number of aromatic nitrogens is 1.